The Morgan fingerprint density at radius 3 is 2.19 bits per heavy atom. The normalized spacial score (nSPS) is 24.5. The number of hydrogen-bond acceptors (Lipinski definition) is 4. The van der Waals surface area contributed by atoms with Crippen molar-refractivity contribution in [3.63, 3.8) is 0 Å². The Morgan fingerprint density at radius 1 is 1.05 bits per heavy atom. The molecule has 0 bridgehead atoms. The number of hydrogen-bond donors (Lipinski definition) is 2. The summed E-state index contributed by atoms with van der Waals surface area (Å²) in [5, 5.41) is 0. The van der Waals surface area contributed by atoms with Crippen molar-refractivity contribution in [2.75, 3.05) is 46.3 Å². The van der Waals surface area contributed by atoms with Crippen LogP contribution in [-0.4, -0.2) is 63.9 Å². The molecule has 21 heavy (non-hydrogen) atoms. The fourth-order valence-corrected chi connectivity index (χ4v) is 4.47. The maximum absolute atomic E-state index is 12.2. The van der Waals surface area contributed by atoms with Crippen LogP contribution in [0.15, 0.2) is 0 Å². The number of rotatable bonds is 6. The molecular formula is C14H30N4O2S. The third kappa shape index (κ3) is 5.17. The van der Waals surface area contributed by atoms with Crippen molar-refractivity contribution in [2.45, 2.75) is 32.1 Å². The first-order chi connectivity index (χ1) is 10.0. The van der Waals surface area contributed by atoms with Crippen LogP contribution in [0.1, 0.15) is 32.1 Å². The van der Waals surface area contributed by atoms with Gasteiger partial charge in [-0.1, -0.05) is 0 Å². The van der Waals surface area contributed by atoms with E-state index in [-0.39, 0.29) is 0 Å². The molecule has 0 amide bonds. The highest BCUT2D eigenvalue weighted by Gasteiger charge is 2.27. The number of piperidine rings is 2. The minimum absolute atomic E-state index is 0.482. The van der Waals surface area contributed by atoms with Crippen molar-refractivity contribution < 1.29 is 8.42 Å². The van der Waals surface area contributed by atoms with Crippen LogP contribution in [0.4, 0.5) is 0 Å². The first-order valence-electron chi connectivity index (χ1n) is 8.14. The molecule has 6 nitrogen and oxygen atoms in total. The lowest BCUT2D eigenvalue weighted by molar-refractivity contribution is 0.212. The number of nitrogens with zero attached hydrogens (tertiary/aromatic N) is 2. The molecule has 2 fully saturated rings. The lowest BCUT2D eigenvalue weighted by Gasteiger charge is -2.31. The molecule has 7 heteroatoms. The molecule has 0 aromatic heterocycles. The lowest BCUT2D eigenvalue weighted by atomic mass is 9.94. The Labute approximate surface area is 129 Å². The van der Waals surface area contributed by atoms with Crippen molar-refractivity contribution in [3.8, 4) is 0 Å². The fraction of sp³-hybridized carbons (Fsp3) is 1.00. The zero-order valence-corrected chi connectivity index (χ0v) is 13.9. The maximum Gasteiger partial charge on any atom is 0.279 e. The van der Waals surface area contributed by atoms with E-state index in [2.05, 4.69) is 16.7 Å². The minimum atomic E-state index is -3.29. The van der Waals surface area contributed by atoms with Gasteiger partial charge in [0.05, 0.1) is 0 Å². The van der Waals surface area contributed by atoms with Crippen molar-refractivity contribution >= 4 is 10.2 Å². The summed E-state index contributed by atoms with van der Waals surface area (Å²) in [6.07, 6.45) is 5.07. The quantitative estimate of drug-likeness (QED) is 0.734. The highest BCUT2D eigenvalue weighted by molar-refractivity contribution is 7.87. The van der Waals surface area contributed by atoms with Crippen LogP contribution in [-0.2, 0) is 10.2 Å². The van der Waals surface area contributed by atoms with Crippen LogP contribution < -0.4 is 10.5 Å². The van der Waals surface area contributed by atoms with Gasteiger partial charge in [0, 0.05) is 19.6 Å². The van der Waals surface area contributed by atoms with Crippen LogP contribution in [0.2, 0.25) is 0 Å². The third-order valence-electron chi connectivity index (χ3n) is 4.92. The van der Waals surface area contributed by atoms with Gasteiger partial charge < -0.3 is 10.6 Å². The second-order valence-corrected chi connectivity index (χ2v) is 8.27. The van der Waals surface area contributed by atoms with Gasteiger partial charge >= 0.3 is 0 Å². The monoisotopic (exact) mass is 318 g/mol. The number of nitrogens with one attached hydrogen (secondary N) is 1. The average molecular weight is 318 g/mol. The van der Waals surface area contributed by atoms with E-state index in [0.717, 1.165) is 32.4 Å². The zero-order chi connectivity index (χ0) is 15.3. The van der Waals surface area contributed by atoms with E-state index >= 15 is 0 Å². The van der Waals surface area contributed by atoms with Crippen LogP contribution in [0.5, 0.6) is 0 Å². The molecule has 124 valence electrons. The molecule has 0 saturated carbocycles. The summed E-state index contributed by atoms with van der Waals surface area (Å²) < 4.78 is 28.8. The van der Waals surface area contributed by atoms with Gasteiger partial charge in [-0.3, -0.25) is 0 Å². The van der Waals surface area contributed by atoms with Crippen LogP contribution in [0.25, 0.3) is 0 Å². The van der Waals surface area contributed by atoms with Gasteiger partial charge in [0.15, 0.2) is 0 Å². The predicted octanol–water partition coefficient (Wildman–Crippen LogP) is 0.223. The summed E-state index contributed by atoms with van der Waals surface area (Å²) in [6, 6.07) is 0. The van der Waals surface area contributed by atoms with E-state index in [4.69, 9.17) is 5.73 Å². The molecule has 2 heterocycles. The first-order valence-corrected chi connectivity index (χ1v) is 9.58. The number of nitrogens with two attached hydrogens (primary N) is 1. The van der Waals surface area contributed by atoms with Gasteiger partial charge in [0.1, 0.15) is 0 Å². The van der Waals surface area contributed by atoms with Crippen LogP contribution in [0.3, 0.4) is 0 Å². The molecule has 2 saturated heterocycles. The molecule has 0 aromatic carbocycles. The summed E-state index contributed by atoms with van der Waals surface area (Å²) in [5.74, 6) is 1.14. The van der Waals surface area contributed by atoms with Gasteiger partial charge in [0.2, 0.25) is 0 Å². The summed E-state index contributed by atoms with van der Waals surface area (Å²) in [5.41, 5.74) is 5.64. The van der Waals surface area contributed by atoms with Crippen molar-refractivity contribution in [3.05, 3.63) is 0 Å². The van der Waals surface area contributed by atoms with Gasteiger partial charge in [-0.25, -0.2) is 4.72 Å². The summed E-state index contributed by atoms with van der Waals surface area (Å²) in [6.45, 7) is 4.69. The molecule has 2 aliphatic heterocycles. The summed E-state index contributed by atoms with van der Waals surface area (Å²) >= 11 is 0. The largest absolute Gasteiger partial charge is 0.330 e. The SMILES string of the molecule is CN1CCC(CCNS(=O)(=O)N2CCC(CN)CC2)CC1. The molecule has 0 unspecified atom stereocenters. The second-order valence-electron chi connectivity index (χ2n) is 6.51. The molecule has 0 radical (unpaired) electrons. The van der Waals surface area contributed by atoms with E-state index < -0.39 is 10.2 Å². The van der Waals surface area contributed by atoms with Gasteiger partial charge in [-0.15, -0.1) is 0 Å². The molecular weight excluding hydrogens is 288 g/mol. The summed E-state index contributed by atoms with van der Waals surface area (Å²) in [4.78, 5) is 2.34. The third-order valence-corrected chi connectivity index (χ3v) is 6.54. The molecule has 2 aliphatic rings. The molecule has 0 aromatic rings. The van der Waals surface area contributed by atoms with Crippen molar-refractivity contribution in [1.82, 2.24) is 13.9 Å². The first kappa shape index (κ1) is 17.1. The van der Waals surface area contributed by atoms with Crippen molar-refractivity contribution in [2.24, 2.45) is 17.6 Å². The van der Waals surface area contributed by atoms with Crippen LogP contribution >= 0.6 is 0 Å². The zero-order valence-electron chi connectivity index (χ0n) is 13.1. The Balaban J connectivity index is 1.69. The van der Waals surface area contributed by atoms with Gasteiger partial charge in [-0.2, -0.15) is 12.7 Å². The molecule has 0 aliphatic carbocycles. The van der Waals surface area contributed by atoms with E-state index in [1.165, 1.54) is 12.8 Å². The average Bonchev–Trinajstić information content (AvgIpc) is 2.49. The molecule has 0 spiro atoms. The van der Waals surface area contributed by atoms with E-state index in [9.17, 15) is 8.42 Å². The van der Waals surface area contributed by atoms with Crippen LogP contribution in [0, 0.1) is 11.8 Å². The van der Waals surface area contributed by atoms with E-state index in [1.807, 2.05) is 0 Å². The van der Waals surface area contributed by atoms with Gasteiger partial charge in [-0.05, 0) is 70.6 Å². The second kappa shape index (κ2) is 7.87. The van der Waals surface area contributed by atoms with Gasteiger partial charge in [0.25, 0.3) is 10.2 Å². The highest BCUT2D eigenvalue weighted by atomic mass is 32.2. The molecule has 2 rings (SSSR count). The fourth-order valence-electron chi connectivity index (χ4n) is 3.22. The summed E-state index contributed by atoms with van der Waals surface area (Å²) in [7, 11) is -1.15. The van der Waals surface area contributed by atoms with E-state index in [1.54, 1.807) is 4.31 Å². The lowest BCUT2D eigenvalue weighted by Crippen LogP contribution is -2.46. The van der Waals surface area contributed by atoms with Crippen molar-refractivity contribution in [1.29, 1.82) is 0 Å². The van der Waals surface area contributed by atoms with E-state index in [0.29, 0.717) is 38.0 Å². The number of likely N-dealkylation sites (tertiary alicyclic amines) is 1. The molecule has 0 atom stereocenters. The molecule has 3 N–H and O–H groups in total. The smallest absolute Gasteiger partial charge is 0.279 e. The Bertz CT molecular complexity index is 399. The Kier molecular flexibility index (Phi) is 6.43. The topological polar surface area (TPSA) is 78.7 Å². The highest BCUT2D eigenvalue weighted by Crippen LogP contribution is 2.20. The Morgan fingerprint density at radius 2 is 1.62 bits per heavy atom. The maximum atomic E-state index is 12.2. The Hall–Kier alpha value is -0.210. The predicted molar refractivity (Wildman–Crippen MR) is 85.1 cm³/mol. The standard InChI is InChI=1S/C14H30N4O2S/c1-17-8-3-13(4-9-17)2-7-16-21(19,20)18-10-5-14(12-15)6-11-18/h13-14,16H,2-12,15H2,1H3. The minimum Gasteiger partial charge on any atom is -0.330 e.